The van der Waals surface area contributed by atoms with Gasteiger partial charge in [0.15, 0.2) is 5.96 Å². The van der Waals surface area contributed by atoms with Crippen LogP contribution in [0.5, 0.6) is 0 Å². The van der Waals surface area contributed by atoms with Crippen LogP contribution in [0.15, 0.2) is 4.99 Å². The van der Waals surface area contributed by atoms with Gasteiger partial charge in [0.1, 0.15) is 0 Å². The normalized spacial score (nSPS) is 20.4. The van der Waals surface area contributed by atoms with E-state index in [9.17, 15) is 9.59 Å². The first kappa shape index (κ1) is 23.4. The summed E-state index contributed by atoms with van der Waals surface area (Å²) >= 11 is 0. The molecule has 166 valence electrons. The fourth-order valence-corrected chi connectivity index (χ4v) is 4.28. The molecular weight excluding hydrogens is 368 g/mol. The van der Waals surface area contributed by atoms with Crippen LogP contribution in [0.4, 0.5) is 0 Å². The van der Waals surface area contributed by atoms with Gasteiger partial charge in [-0.05, 0) is 32.6 Å². The smallest absolute Gasteiger partial charge is 0.236 e. The molecular formula is C21H40N6O2. The lowest BCUT2D eigenvalue weighted by atomic mass is 9.85. The Morgan fingerprint density at radius 2 is 1.69 bits per heavy atom. The second-order valence-electron chi connectivity index (χ2n) is 8.87. The number of carbonyl (C=O) groups is 2. The predicted octanol–water partition coefficient (Wildman–Crippen LogP) is 0.743. The van der Waals surface area contributed by atoms with Crippen LogP contribution >= 0.6 is 0 Å². The first-order valence-electron chi connectivity index (χ1n) is 11.0. The minimum Gasteiger partial charge on any atom is -0.357 e. The average molecular weight is 409 g/mol. The third kappa shape index (κ3) is 6.59. The molecule has 0 radical (unpaired) electrons. The minimum atomic E-state index is -0.345. The molecule has 8 heteroatoms. The zero-order valence-electron chi connectivity index (χ0n) is 19.0. The summed E-state index contributed by atoms with van der Waals surface area (Å²) in [6.45, 7) is 5.68. The highest BCUT2D eigenvalue weighted by atomic mass is 16.2. The molecule has 1 saturated heterocycles. The Morgan fingerprint density at radius 1 is 1.07 bits per heavy atom. The molecule has 2 N–H and O–H groups in total. The van der Waals surface area contributed by atoms with Crippen LogP contribution in [-0.4, -0.2) is 99.4 Å². The molecule has 2 rings (SSSR count). The number of rotatable bonds is 7. The van der Waals surface area contributed by atoms with Gasteiger partial charge in [0.05, 0.1) is 18.5 Å². The summed E-state index contributed by atoms with van der Waals surface area (Å²) in [6, 6.07) is 0.336. The highest BCUT2D eigenvalue weighted by Gasteiger charge is 2.42. The summed E-state index contributed by atoms with van der Waals surface area (Å²) in [4.78, 5) is 35.1. The second-order valence-corrected chi connectivity index (χ2v) is 8.87. The Labute approximate surface area is 176 Å². The van der Waals surface area contributed by atoms with Crippen LogP contribution in [0, 0.1) is 5.41 Å². The van der Waals surface area contributed by atoms with Crippen LogP contribution in [0.2, 0.25) is 0 Å². The SMILES string of the molecule is CCNC(=NCC1(C(=O)N(C)C)CCCC1)NC1CCN(CC(=O)N(C)C)CC1. The van der Waals surface area contributed by atoms with Gasteiger partial charge in [-0.25, -0.2) is 0 Å². The minimum absolute atomic E-state index is 0.152. The van der Waals surface area contributed by atoms with Crippen molar-refractivity contribution in [2.45, 2.75) is 51.5 Å². The number of hydrogen-bond donors (Lipinski definition) is 2. The molecule has 2 aliphatic rings. The first-order valence-corrected chi connectivity index (χ1v) is 11.0. The molecule has 8 nitrogen and oxygen atoms in total. The molecule has 0 atom stereocenters. The Bertz CT molecular complexity index is 576. The number of amides is 2. The quantitative estimate of drug-likeness (QED) is 0.480. The number of hydrogen-bond acceptors (Lipinski definition) is 4. The van der Waals surface area contributed by atoms with Gasteiger partial charge in [-0.1, -0.05) is 12.8 Å². The van der Waals surface area contributed by atoms with Crippen molar-refractivity contribution in [3.05, 3.63) is 0 Å². The third-order valence-corrected chi connectivity index (χ3v) is 6.09. The molecule has 0 bridgehead atoms. The number of aliphatic imine (C=N–C) groups is 1. The van der Waals surface area contributed by atoms with Crippen molar-refractivity contribution in [1.82, 2.24) is 25.3 Å². The number of carbonyl (C=O) groups excluding carboxylic acids is 2. The van der Waals surface area contributed by atoms with E-state index >= 15 is 0 Å². The van der Waals surface area contributed by atoms with Crippen molar-refractivity contribution < 1.29 is 9.59 Å². The van der Waals surface area contributed by atoms with Crippen LogP contribution in [-0.2, 0) is 9.59 Å². The van der Waals surface area contributed by atoms with E-state index in [4.69, 9.17) is 4.99 Å². The Kier molecular flexibility index (Phi) is 8.74. The molecule has 1 heterocycles. The van der Waals surface area contributed by atoms with E-state index in [0.717, 1.165) is 64.1 Å². The Hall–Kier alpha value is -1.83. The summed E-state index contributed by atoms with van der Waals surface area (Å²) in [6.07, 6.45) is 6.00. The molecule has 1 aliphatic carbocycles. The van der Waals surface area contributed by atoms with Crippen molar-refractivity contribution in [1.29, 1.82) is 0 Å². The monoisotopic (exact) mass is 408 g/mol. The maximum Gasteiger partial charge on any atom is 0.236 e. The van der Waals surface area contributed by atoms with Crippen LogP contribution in [0.3, 0.4) is 0 Å². The van der Waals surface area contributed by atoms with Crippen molar-refractivity contribution in [3.63, 3.8) is 0 Å². The molecule has 0 unspecified atom stereocenters. The van der Waals surface area contributed by atoms with Gasteiger partial charge in [0.2, 0.25) is 11.8 Å². The van der Waals surface area contributed by atoms with Gasteiger partial charge in [-0.2, -0.15) is 0 Å². The van der Waals surface area contributed by atoms with Crippen molar-refractivity contribution in [2.75, 3.05) is 60.9 Å². The summed E-state index contributed by atoms with van der Waals surface area (Å²) < 4.78 is 0. The van der Waals surface area contributed by atoms with E-state index in [2.05, 4.69) is 22.5 Å². The zero-order valence-corrected chi connectivity index (χ0v) is 19.0. The Morgan fingerprint density at radius 3 is 2.21 bits per heavy atom. The van der Waals surface area contributed by atoms with Crippen LogP contribution in [0.25, 0.3) is 0 Å². The maximum absolute atomic E-state index is 12.8. The molecule has 1 aliphatic heterocycles. The van der Waals surface area contributed by atoms with Crippen LogP contribution in [0.1, 0.15) is 45.4 Å². The van der Waals surface area contributed by atoms with E-state index in [1.54, 1.807) is 23.9 Å². The van der Waals surface area contributed by atoms with Crippen molar-refractivity contribution in [2.24, 2.45) is 10.4 Å². The molecule has 0 aromatic rings. The highest BCUT2D eigenvalue weighted by Crippen LogP contribution is 2.39. The topological polar surface area (TPSA) is 80.3 Å². The first-order chi connectivity index (χ1) is 13.8. The second kappa shape index (κ2) is 10.8. The van der Waals surface area contributed by atoms with E-state index in [-0.39, 0.29) is 17.2 Å². The van der Waals surface area contributed by atoms with E-state index in [1.807, 2.05) is 14.1 Å². The van der Waals surface area contributed by atoms with Gasteiger partial charge < -0.3 is 20.4 Å². The van der Waals surface area contributed by atoms with E-state index in [1.165, 1.54) is 0 Å². The number of likely N-dealkylation sites (tertiary alicyclic amines) is 1. The third-order valence-electron chi connectivity index (χ3n) is 6.09. The van der Waals surface area contributed by atoms with Crippen molar-refractivity contribution >= 4 is 17.8 Å². The molecule has 29 heavy (non-hydrogen) atoms. The molecule has 1 saturated carbocycles. The summed E-state index contributed by atoms with van der Waals surface area (Å²) in [5.41, 5.74) is -0.345. The maximum atomic E-state index is 12.8. The summed E-state index contributed by atoms with van der Waals surface area (Å²) in [7, 11) is 7.27. The van der Waals surface area contributed by atoms with E-state index in [0.29, 0.717) is 19.1 Å². The van der Waals surface area contributed by atoms with Gasteiger partial charge in [0.25, 0.3) is 0 Å². The molecule has 0 aromatic heterocycles. The zero-order chi connectivity index (χ0) is 21.4. The number of nitrogens with one attached hydrogen (secondary N) is 2. The van der Waals surface area contributed by atoms with Gasteiger partial charge in [-0.15, -0.1) is 0 Å². The largest absolute Gasteiger partial charge is 0.357 e. The Balaban J connectivity index is 1.93. The number of guanidine groups is 1. The lowest BCUT2D eigenvalue weighted by Gasteiger charge is -2.33. The predicted molar refractivity (Wildman–Crippen MR) is 117 cm³/mol. The van der Waals surface area contributed by atoms with E-state index < -0.39 is 0 Å². The van der Waals surface area contributed by atoms with Gasteiger partial charge in [-0.3, -0.25) is 19.5 Å². The lowest BCUT2D eigenvalue weighted by Crippen LogP contribution is -2.50. The lowest BCUT2D eigenvalue weighted by molar-refractivity contribution is -0.138. The molecule has 2 amide bonds. The van der Waals surface area contributed by atoms with Gasteiger partial charge >= 0.3 is 0 Å². The molecule has 2 fully saturated rings. The fraction of sp³-hybridized carbons (Fsp3) is 0.857. The number of piperidine rings is 1. The molecule has 0 spiro atoms. The highest BCUT2D eigenvalue weighted by molar-refractivity contribution is 5.84. The fourth-order valence-electron chi connectivity index (χ4n) is 4.28. The summed E-state index contributed by atoms with van der Waals surface area (Å²) in [5, 5.41) is 6.89. The van der Waals surface area contributed by atoms with Gasteiger partial charge in [0, 0.05) is 53.9 Å². The number of likely N-dealkylation sites (N-methyl/N-ethyl adjacent to an activating group) is 1. The number of nitrogens with zero attached hydrogens (tertiary/aromatic N) is 4. The average Bonchev–Trinajstić information content (AvgIpc) is 3.17. The summed E-state index contributed by atoms with van der Waals surface area (Å²) in [5.74, 6) is 1.15. The van der Waals surface area contributed by atoms with Crippen LogP contribution < -0.4 is 10.6 Å². The molecule has 0 aromatic carbocycles. The van der Waals surface area contributed by atoms with Crippen molar-refractivity contribution in [3.8, 4) is 0 Å². The standard InChI is InChI=1S/C21H40N6O2/c1-6-22-20(23-16-21(11-7-8-12-21)19(29)26(4)5)24-17-9-13-27(14-10-17)15-18(28)25(2)3/h17H,6-16H2,1-5H3,(H2,22,23,24).